The number of aliphatic hydroxyl groups is 1. The molecular weight excluding hydrogens is 344 g/mol. The number of carbonyl (C=O) groups excluding carboxylic acids is 1. The van der Waals surface area contributed by atoms with Gasteiger partial charge < -0.3 is 19.5 Å². The lowest BCUT2D eigenvalue weighted by atomic mass is 9.75. The number of hydrogen-bond acceptors (Lipinski definition) is 5. The van der Waals surface area contributed by atoms with Gasteiger partial charge in [0.25, 0.3) is 0 Å². The smallest absolute Gasteiger partial charge is 0.248 e. The van der Waals surface area contributed by atoms with Crippen LogP contribution in [-0.2, 0) is 9.53 Å². The number of fused-ring (bicyclic) bond motifs is 1. The van der Waals surface area contributed by atoms with Crippen molar-refractivity contribution in [1.29, 1.82) is 0 Å². The van der Waals surface area contributed by atoms with Gasteiger partial charge in [-0.25, -0.2) is 0 Å². The van der Waals surface area contributed by atoms with E-state index in [1.54, 1.807) is 7.11 Å². The molecular formula is C21H30N2O4. The van der Waals surface area contributed by atoms with E-state index in [0.29, 0.717) is 19.5 Å². The fraction of sp³-hybridized carbons (Fsp3) is 0.571. The van der Waals surface area contributed by atoms with Gasteiger partial charge in [-0.1, -0.05) is 24.3 Å². The second-order valence-electron chi connectivity index (χ2n) is 7.51. The number of piperidine rings is 2. The van der Waals surface area contributed by atoms with Gasteiger partial charge in [0.15, 0.2) is 0 Å². The number of benzene rings is 1. The summed E-state index contributed by atoms with van der Waals surface area (Å²) in [5, 5.41) is 11.0. The minimum atomic E-state index is -0.639. The fourth-order valence-corrected chi connectivity index (χ4v) is 4.03. The molecule has 2 heterocycles. The molecule has 1 aromatic carbocycles. The first-order valence-corrected chi connectivity index (χ1v) is 9.56. The van der Waals surface area contributed by atoms with E-state index >= 15 is 0 Å². The fourth-order valence-electron chi connectivity index (χ4n) is 4.03. The van der Waals surface area contributed by atoms with E-state index < -0.39 is 5.60 Å². The average molecular weight is 374 g/mol. The molecule has 0 aliphatic carbocycles. The molecule has 2 aliphatic heterocycles. The van der Waals surface area contributed by atoms with E-state index in [2.05, 4.69) is 17.1 Å². The van der Waals surface area contributed by atoms with Crippen LogP contribution in [0.2, 0.25) is 0 Å². The minimum Gasteiger partial charge on any atom is -0.497 e. The first-order valence-electron chi connectivity index (χ1n) is 9.56. The van der Waals surface area contributed by atoms with E-state index in [1.165, 1.54) is 7.11 Å². The Morgan fingerprint density at radius 1 is 1.22 bits per heavy atom. The zero-order chi connectivity index (χ0) is 19.3. The molecule has 1 aromatic rings. The lowest BCUT2D eigenvalue weighted by Gasteiger charge is -2.50. The maximum absolute atomic E-state index is 12.1. The van der Waals surface area contributed by atoms with Gasteiger partial charge in [0, 0.05) is 45.8 Å². The van der Waals surface area contributed by atoms with Crippen LogP contribution in [0.4, 0.5) is 0 Å². The van der Waals surface area contributed by atoms with Crippen LogP contribution in [0.25, 0.3) is 6.08 Å². The van der Waals surface area contributed by atoms with Crippen LogP contribution in [0.15, 0.2) is 30.3 Å². The van der Waals surface area contributed by atoms with E-state index in [1.807, 2.05) is 29.2 Å². The largest absolute Gasteiger partial charge is 0.497 e. The summed E-state index contributed by atoms with van der Waals surface area (Å²) in [5.74, 6) is 0.957. The third kappa shape index (κ3) is 4.89. The molecule has 0 aromatic heterocycles. The van der Waals surface area contributed by atoms with Crippen LogP contribution in [-0.4, -0.2) is 80.0 Å². The predicted molar refractivity (Wildman–Crippen MR) is 105 cm³/mol. The second kappa shape index (κ2) is 8.87. The van der Waals surface area contributed by atoms with Gasteiger partial charge in [-0.15, -0.1) is 0 Å². The highest BCUT2D eigenvalue weighted by atomic mass is 16.5. The minimum absolute atomic E-state index is 0.0103. The zero-order valence-electron chi connectivity index (χ0n) is 16.3. The molecule has 3 rings (SSSR count). The number of rotatable bonds is 6. The van der Waals surface area contributed by atoms with Gasteiger partial charge in [0.1, 0.15) is 12.4 Å². The normalized spacial score (nSPS) is 26.2. The molecule has 0 unspecified atom stereocenters. The number of hydrogen-bond donors (Lipinski definition) is 1. The number of carbonyl (C=O) groups is 1. The second-order valence-corrected chi connectivity index (χ2v) is 7.51. The monoisotopic (exact) mass is 374 g/mol. The molecule has 0 radical (unpaired) electrons. The molecule has 2 fully saturated rings. The quantitative estimate of drug-likeness (QED) is 0.820. The maximum Gasteiger partial charge on any atom is 0.248 e. The van der Waals surface area contributed by atoms with Crippen molar-refractivity contribution < 1.29 is 19.4 Å². The first-order chi connectivity index (χ1) is 13.0. The molecule has 6 heteroatoms. The Labute approximate surface area is 161 Å². The van der Waals surface area contributed by atoms with E-state index in [-0.39, 0.29) is 18.4 Å². The van der Waals surface area contributed by atoms with E-state index in [0.717, 1.165) is 37.4 Å². The highest BCUT2D eigenvalue weighted by molar-refractivity contribution is 5.77. The van der Waals surface area contributed by atoms with Crippen molar-refractivity contribution in [2.45, 2.75) is 18.4 Å². The van der Waals surface area contributed by atoms with Crippen LogP contribution in [0.5, 0.6) is 5.75 Å². The Morgan fingerprint density at radius 2 is 1.96 bits per heavy atom. The Kier molecular flexibility index (Phi) is 6.52. The summed E-state index contributed by atoms with van der Waals surface area (Å²) in [4.78, 5) is 16.3. The molecule has 0 saturated carbocycles. The molecule has 2 aliphatic rings. The summed E-state index contributed by atoms with van der Waals surface area (Å²) in [6, 6.07) is 7.97. The standard InChI is InChI=1S/C21H30N2O4/c1-26-16-20(24)23-13-10-21(25)9-12-22(14-18(21)15-23)11-3-4-17-5-7-19(27-2)8-6-17/h3-8,18,25H,9-16H2,1-2H3/b4-3+/t18-,21-/m0/s1. The Balaban J connectivity index is 1.54. The van der Waals surface area contributed by atoms with Crippen molar-refractivity contribution in [2.75, 3.05) is 53.6 Å². The van der Waals surface area contributed by atoms with Crippen molar-refractivity contribution in [2.24, 2.45) is 5.92 Å². The van der Waals surface area contributed by atoms with Gasteiger partial charge in [-0.3, -0.25) is 9.69 Å². The molecule has 0 bridgehead atoms. The lowest BCUT2D eigenvalue weighted by Crippen LogP contribution is -2.60. The molecule has 0 spiro atoms. The Bertz CT molecular complexity index is 661. The van der Waals surface area contributed by atoms with Crippen molar-refractivity contribution in [3.05, 3.63) is 35.9 Å². The average Bonchev–Trinajstić information content (AvgIpc) is 2.68. The molecule has 1 amide bonds. The SMILES string of the molecule is COCC(=O)N1CC[C@@]2(O)CCN(C/C=C/c3ccc(OC)cc3)C[C@H]2C1. The van der Waals surface area contributed by atoms with Crippen LogP contribution >= 0.6 is 0 Å². The molecule has 2 saturated heterocycles. The van der Waals surface area contributed by atoms with Crippen molar-refractivity contribution in [3.63, 3.8) is 0 Å². The third-order valence-electron chi connectivity index (χ3n) is 5.77. The summed E-state index contributed by atoms with van der Waals surface area (Å²) in [6.07, 6.45) is 5.68. The topological polar surface area (TPSA) is 62.2 Å². The molecule has 27 heavy (non-hydrogen) atoms. The van der Waals surface area contributed by atoms with Crippen LogP contribution in [0.1, 0.15) is 18.4 Å². The van der Waals surface area contributed by atoms with Gasteiger partial charge in [0.05, 0.1) is 12.7 Å². The maximum atomic E-state index is 12.1. The Morgan fingerprint density at radius 3 is 2.67 bits per heavy atom. The summed E-state index contributed by atoms with van der Waals surface area (Å²) < 4.78 is 10.1. The lowest BCUT2D eigenvalue weighted by molar-refractivity contribution is -0.149. The summed E-state index contributed by atoms with van der Waals surface area (Å²) >= 11 is 0. The number of methoxy groups -OCH3 is 2. The number of nitrogens with zero attached hydrogens (tertiary/aromatic N) is 2. The zero-order valence-corrected chi connectivity index (χ0v) is 16.3. The number of likely N-dealkylation sites (tertiary alicyclic amines) is 2. The van der Waals surface area contributed by atoms with Gasteiger partial charge in [0.2, 0.25) is 5.91 Å². The highest BCUT2D eigenvalue weighted by Gasteiger charge is 2.45. The van der Waals surface area contributed by atoms with E-state index in [9.17, 15) is 9.90 Å². The third-order valence-corrected chi connectivity index (χ3v) is 5.77. The van der Waals surface area contributed by atoms with Gasteiger partial charge in [-0.2, -0.15) is 0 Å². The highest BCUT2D eigenvalue weighted by Crippen LogP contribution is 2.35. The van der Waals surface area contributed by atoms with Crippen molar-refractivity contribution >= 4 is 12.0 Å². The van der Waals surface area contributed by atoms with Gasteiger partial charge in [-0.05, 0) is 30.5 Å². The number of ether oxygens (including phenoxy) is 2. The Hall–Kier alpha value is -1.89. The van der Waals surface area contributed by atoms with E-state index in [4.69, 9.17) is 9.47 Å². The molecule has 148 valence electrons. The molecule has 6 nitrogen and oxygen atoms in total. The molecule has 1 N–H and O–H groups in total. The summed E-state index contributed by atoms with van der Waals surface area (Å²) in [7, 11) is 3.20. The van der Waals surface area contributed by atoms with Crippen molar-refractivity contribution in [3.8, 4) is 5.75 Å². The molecule has 2 atom stereocenters. The van der Waals surface area contributed by atoms with Crippen LogP contribution in [0.3, 0.4) is 0 Å². The first kappa shape index (κ1) is 19.9. The van der Waals surface area contributed by atoms with Crippen LogP contribution in [0, 0.1) is 5.92 Å². The van der Waals surface area contributed by atoms with Crippen molar-refractivity contribution in [1.82, 2.24) is 9.80 Å². The number of amides is 1. The van der Waals surface area contributed by atoms with Gasteiger partial charge >= 0.3 is 0 Å². The predicted octanol–water partition coefficient (Wildman–Crippen LogP) is 1.64. The summed E-state index contributed by atoms with van der Waals surface area (Å²) in [6.45, 7) is 3.86. The van der Waals surface area contributed by atoms with Crippen LogP contribution < -0.4 is 4.74 Å². The summed E-state index contributed by atoms with van der Waals surface area (Å²) in [5.41, 5.74) is 0.498.